The number of ether oxygens (including phenoxy) is 1. The van der Waals surface area contributed by atoms with Crippen LogP contribution in [0, 0.1) is 6.92 Å². The molecule has 1 saturated heterocycles. The molecule has 0 spiro atoms. The van der Waals surface area contributed by atoms with Gasteiger partial charge in [-0.1, -0.05) is 47.1 Å². The third kappa shape index (κ3) is 3.69. The Kier molecular flexibility index (Phi) is 4.62. The Morgan fingerprint density at radius 1 is 1.22 bits per heavy atom. The van der Waals surface area contributed by atoms with E-state index in [1.807, 2.05) is 29.2 Å². The van der Waals surface area contributed by atoms with Crippen LogP contribution >= 0.6 is 0 Å². The molecular formula is C21H21N3O3. The van der Waals surface area contributed by atoms with Gasteiger partial charge in [0.1, 0.15) is 5.75 Å². The molecule has 4 rings (SSSR count). The molecule has 1 fully saturated rings. The summed E-state index contributed by atoms with van der Waals surface area (Å²) in [5, 5.41) is 4.08. The van der Waals surface area contributed by atoms with Crippen molar-refractivity contribution in [2.24, 2.45) is 0 Å². The van der Waals surface area contributed by atoms with Crippen LogP contribution in [0.2, 0.25) is 0 Å². The summed E-state index contributed by atoms with van der Waals surface area (Å²) in [6.45, 7) is 3.25. The van der Waals surface area contributed by atoms with Crippen LogP contribution in [-0.2, 0) is 11.3 Å². The van der Waals surface area contributed by atoms with Gasteiger partial charge in [0, 0.05) is 25.1 Å². The number of rotatable bonds is 5. The van der Waals surface area contributed by atoms with Gasteiger partial charge in [-0.15, -0.1) is 0 Å². The van der Waals surface area contributed by atoms with Gasteiger partial charge in [-0.2, -0.15) is 4.98 Å². The van der Waals surface area contributed by atoms with Crippen molar-refractivity contribution in [1.82, 2.24) is 15.0 Å². The lowest BCUT2D eigenvalue weighted by molar-refractivity contribution is -0.128. The predicted octanol–water partition coefficient (Wildman–Crippen LogP) is 3.57. The maximum absolute atomic E-state index is 12.4. The molecule has 2 aromatic carbocycles. The Balaban J connectivity index is 1.47. The van der Waals surface area contributed by atoms with Crippen molar-refractivity contribution in [3.63, 3.8) is 0 Å². The van der Waals surface area contributed by atoms with Crippen molar-refractivity contribution < 1.29 is 14.1 Å². The highest BCUT2D eigenvalue weighted by Crippen LogP contribution is 2.30. The van der Waals surface area contributed by atoms with Crippen LogP contribution in [0.5, 0.6) is 5.75 Å². The zero-order valence-electron chi connectivity index (χ0n) is 15.4. The minimum Gasteiger partial charge on any atom is -0.497 e. The number of carbonyl (C=O) groups is 1. The number of aryl methyl sites for hydroxylation is 1. The largest absolute Gasteiger partial charge is 0.497 e. The first-order valence-electron chi connectivity index (χ1n) is 8.94. The lowest BCUT2D eigenvalue weighted by Gasteiger charge is -2.16. The van der Waals surface area contributed by atoms with E-state index in [0.717, 1.165) is 16.9 Å². The highest BCUT2D eigenvalue weighted by Gasteiger charge is 2.34. The van der Waals surface area contributed by atoms with Crippen LogP contribution in [-0.4, -0.2) is 34.6 Å². The number of nitrogens with zero attached hydrogens (tertiary/aromatic N) is 3. The number of hydrogen-bond donors (Lipinski definition) is 0. The average molecular weight is 363 g/mol. The van der Waals surface area contributed by atoms with Crippen LogP contribution < -0.4 is 4.74 Å². The summed E-state index contributed by atoms with van der Waals surface area (Å²) in [6, 6.07) is 15.7. The van der Waals surface area contributed by atoms with Crippen LogP contribution in [0.1, 0.15) is 29.4 Å². The Labute approximate surface area is 157 Å². The number of amides is 1. The topological polar surface area (TPSA) is 68.5 Å². The SMILES string of the molecule is COc1cccc(-c2noc(C3CC(=O)N(Cc4ccc(C)cc4)C3)n2)c1. The molecule has 27 heavy (non-hydrogen) atoms. The number of hydrogen-bond acceptors (Lipinski definition) is 5. The van der Waals surface area contributed by atoms with Gasteiger partial charge < -0.3 is 14.2 Å². The minimum atomic E-state index is -0.0743. The molecule has 0 saturated carbocycles. The number of carbonyl (C=O) groups excluding carboxylic acids is 1. The summed E-state index contributed by atoms with van der Waals surface area (Å²) in [5.41, 5.74) is 3.16. The van der Waals surface area contributed by atoms with E-state index in [1.165, 1.54) is 5.56 Å². The van der Waals surface area contributed by atoms with Crippen LogP contribution in [0.25, 0.3) is 11.4 Å². The summed E-state index contributed by atoms with van der Waals surface area (Å²) in [5.74, 6) is 1.79. The molecule has 1 amide bonds. The van der Waals surface area contributed by atoms with E-state index in [-0.39, 0.29) is 11.8 Å². The van der Waals surface area contributed by atoms with Gasteiger partial charge in [0.15, 0.2) is 0 Å². The maximum Gasteiger partial charge on any atom is 0.232 e. The molecular weight excluding hydrogens is 342 g/mol. The van der Waals surface area contributed by atoms with Gasteiger partial charge in [0.05, 0.1) is 13.0 Å². The molecule has 1 atom stereocenters. The highest BCUT2D eigenvalue weighted by molar-refractivity contribution is 5.79. The first-order chi connectivity index (χ1) is 13.1. The third-order valence-electron chi connectivity index (χ3n) is 4.83. The molecule has 6 heteroatoms. The molecule has 0 aliphatic carbocycles. The zero-order chi connectivity index (χ0) is 18.8. The normalized spacial score (nSPS) is 16.7. The Bertz CT molecular complexity index is 949. The van der Waals surface area contributed by atoms with Crippen molar-refractivity contribution >= 4 is 5.91 Å². The summed E-state index contributed by atoms with van der Waals surface area (Å²) >= 11 is 0. The van der Waals surface area contributed by atoms with E-state index < -0.39 is 0 Å². The smallest absolute Gasteiger partial charge is 0.232 e. The van der Waals surface area contributed by atoms with Crippen molar-refractivity contribution in [1.29, 1.82) is 0 Å². The summed E-state index contributed by atoms with van der Waals surface area (Å²) in [4.78, 5) is 18.8. The van der Waals surface area contributed by atoms with Crippen molar-refractivity contribution in [2.45, 2.75) is 25.8 Å². The Morgan fingerprint density at radius 2 is 2.04 bits per heavy atom. The molecule has 2 heterocycles. The maximum atomic E-state index is 12.4. The molecule has 1 aliphatic heterocycles. The standard InChI is InChI=1S/C21H21N3O3/c1-14-6-8-15(9-7-14)12-24-13-17(11-19(24)25)21-22-20(23-27-21)16-4-3-5-18(10-16)26-2/h3-10,17H,11-13H2,1-2H3. The lowest BCUT2D eigenvalue weighted by atomic mass is 10.1. The van der Waals surface area contributed by atoms with E-state index >= 15 is 0 Å². The van der Waals surface area contributed by atoms with Crippen LogP contribution in [0.4, 0.5) is 0 Å². The van der Waals surface area contributed by atoms with Gasteiger partial charge in [-0.05, 0) is 24.6 Å². The van der Waals surface area contributed by atoms with Crippen molar-refractivity contribution in [2.75, 3.05) is 13.7 Å². The van der Waals surface area contributed by atoms with Gasteiger partial charge in [0.2, 0.25) is 17.6 Å². The Morgan fingerprint density at radius 3 is 2.81 bits per heavy atom. The molecule has 0 N–H and O–H groups in total. The van der Waals surface area contributed by atoms with E-state index in [2.05, 4.69) is 41.3 Å². The number of methoxy groups -OCH3 is 1. The van der Waals surface area contributed by atoms with E-state index in [4.69, 9.17) is 9.26 Å². The summed E-state index contributed by atoms with van der Waals surface area (Å²) in [6.07, 6.45) is 0.394. The van der Waals surface area contributed by atoms with E-state index in [9.17, 15) is 4.79 Å². The first kappa shape index (κ1) is 17.3. The third-order valence-corrected chi connectivity index (χ3v) is 4.83. The predicted molar refractivity (Wildman–Crippen MR) is 100 cm³/mol. The molecule has 1 aliphatic rings. The number of benzene rings is 2. The lowest BCUT2D eigenvalue weighted by Crippen LogP contribution is -2.24. The summed E-state index contributed by atoms with van der Waals surface area (Å²) < 4.78 is 10.7. The second-order valence-corrected chi connectivity index (χ2v) is 6.85. The van der Waals surface area contributed by atoms with Gasteiger partial charge >= 0.3 is 0 Å². The summed E-state index contributed by atoms with van der Waals surface area (Å²) in [7, 11) is 1.62. The molecule has 0 bridgehead atoms. The fourth-order valence-electron chi connectivity index (χ4n) is 3.28. The zero-order valence-corrected chi connectivity index (χ0v) is 15.4. The van der Waals surface area contributed by atoms with Crippen LogP contribution in [0.15, 0.2) is 53.1 Å². The molecule has 0 radical (unpaired) electrons. The van der Waals surface area contributed by atoms with E-state index in [1.54, 1.807) is 7.11 Å². The average Bonchev–Trinajstić information content (AvgIpc) is 3.31. The fourth-order valence-corrected chi connectivity index (χ4v) is 3.28. The molecule has 138 valence electrons. The van der Waals surface area contributed by atoms with Crippen LogP contribution in [0.3, 0.4) is 0 Å². The Hall–Kier alpha value is -3.15. The van der Waals surface area contributed by atoms with Gasteiger partial charge in [-0.25, -0.2) is 0 Å². The minimum absolute atomic E-state index is 0.0743. The second kappa shape index (κ2) is 7.23. The first-order valence-corrected chi connectivity index (χ1v) is 8.94. The van der Waals surface area contributed by atoms with E-state index in [0.29, 0.717) is 31.2 Å². The fraction of sp³-hybridized carbons (Fsp3) is 0.286. The molecule has 1 aromatic heterocycles. The second-order valence-electron chi connectivity index (χ2n) is 6.85. The quantitative estimate of drug-likeness (QED) is 0.693. The number of likely N-dealkylation sites (tertiary alicyclic amines) is 1. The highest BCUT2D eigenvalue weighted by atomic mass is 16.5. The van der Waals surface area contributed by atoms with Crippen molar-refractivity contribution in [3.05, 3.63) is 65.5 Å². The van der Waals surface area contributed by atoms with Gasteiger partial charge in [-0.3, -0.25) is 4.79 Å². The van der Waals surface area contributed by atoms with Gasteiger partial charge in [0.25, 0.3) is 0 Å². The molecule has 6 nitrogen and oxygen atoms in total. The molecule has 1 unspecified atom stereocenters. The monoisotopic (exact) mass is 363 g/mol. The molecule has 3 aromatic rings. The number of aromatic nitrogens is 2. The van der Waals surface area contributed by atoms with Crippen molar-refractivity contribution in [3.8, 4) is 17.1 Å².